The van der Waals surface area contributed by atoms with Crippen LogP contribution in [0, 0.1) is 0 Å². The minimum atomic E-state index is -0.497. The van der Waals surface area contributed by atoms with E-state index in [1.165, 1.54) is 17.4 Å². The number of fused-ring (bicyclic) bond motifs is 1. The molecule has 3 rings (SSSR count). The van der Waals surface area contributed by atoms with Crippen molar-refractivity contribution in [3.63, 3.8) is 0 Å². The smallest absolute Gasteiger partial charge is 0.251 e. The molecule has 1 aliphatic carbocycles. The molecule has 2 aromatic rings. The molecule has 27 heavy (non-hydrogen) atoms. The predicted octanol–water partition coefficient (Wildman–Crippen LogP) is 3.39. The van der Waals surface area contributed by atoms with Crippen LogP contribution in [-0.2, 0) is 17.6 Å². The van der Waals surface area contributed by atoms with E-state index >= 15 is 0 Å². The SMILES string of the molecule is COc1ccc(OC)c(/C=C/C(=O)Nc2sc3c(c2C(N)=O)CCCC3)c1. The summed E-state index contributed by atoms with van der Waals surface area (Å²) in [5.74, 6) is 0.464. The highest BCUT2D eigenvalue weighted by Crippen LogP contribution is 2.38. The number of benzene rings is 1. The first-order chi connectivity index (χ1) is 13.0. The lowest BCUT2D eigenvalue weighted by Crippen LogP contribution is -2.17. The zero-order chi connectivity index (χ0) is 19.4. The maximum absolute atomic E-state index is 12.4. The highest BCUT2D eigenvalue weighted by molar-refractivity contribution is 7.17. The fourth-order valence-electron chi connectivity index (χ4n) is 3.20. The predicted molar refractivity (Wildman–Crippen MR) is 107 cm³/mol. The number of aryl methyl sites for hydroxylation is 1. The first-order valence-corrected chi connectivity index (χ1v) is 9.50. The van der Waals surface area contributed by atoms with E-state index in [1.807, 2.05) is 0 Å². The van der Waals surface area contributed by atoms with Gasteiger partial charge in [0, 0.05) is 16.5 Å². The van der Waals surface area contributed by atoms with Gasteiger partial charge in [-0.25, -0.2) is 0 Å². The van der Waals surface area contributed by atoms with E-state index < -0.39 is 5.91 Å². The van der Waals surface area contributed by atoms with E-state index in [0.717, 1.165) is 36.1 Å². The lowest BCUT2D eigenvalue weighted by Gasteiger charge is -2.11. The highest BCUT2D eigenvalue weighted by atomic mass is 32.1. The lowest BCUT2D eigenvalue weighted by atomic mass is 9.95. The molecule has 7 heteroatoms. The molecule has 2 amide bonds. The normalized spacial score (nSPS) is 13.3. The Bertz CT molecular complexity index is 902. The molecule has 1 heterocycles. The van der Waals surface area contributed by atoms with Crippen LogP contribution in [-0.4, -0.2) is 26.0 Å². The van der Waals surface area contributed by atoms with Crippen LogP contribution in [0.1, 0.15) is 39.2 Å². The first kappa shape index (κ1) is 19.0. The van der Waals surface area contributed by atoms with Gasteiger partial charge < -0.3 is 20.5 Å². The van der Waals surface area contributed by atoms with E-state index in [2.05, 4.69) is 5.32 Å². The number of carbonyl (C=O) groups is 2. The zero-order valence-corrected chi connectivity index (χ0v) is 16.2. The zero-order valence-electron chi connectivity index (χ0n) is 15.3. The number of hydrogen-bond donors (Lipinski definition) is 2. The van der Waals surface area contributed by atoms with Gasteiger partial charge in [-0.15, -0.1) is 11.3 Å². The van der Waals surface area contributed by atoms with Gasteiger partial charge >= 0.3 is 0 Å². The van der Waals surface area contributed by atoms with Crippen molar-refractivity contribution in [1.29, 1.82) is 0 Å². The van der Waals surface area contributed by atoms with Crippen LogP contribution in [0.15, 0.2) is 24.3 Å². The maximum Gasteiger partial charge on any atom is 0.251 e. The van der Waals surface area contributed by atoms with E-state index in [-0.39, 0.29) is 5.91 Å². The molecule has 0 spiro atoms. The minimum absolute atomic E-state index is 0.332. The average Bonchev–Trinajstić information content (AvgIpc) is 3.03. The van der Waals surface area contributed by atoms with E-state index in [1.54, 1.807) is 38.5 Å². The maximum atomic E-state index is 12.4. The standard InChI is InChI=1S/C20H22N2O4S/c1-25-13-8-9-15(26-2)12(11-13)7-10-17(23)22-20-18(19(21)24)14-5-3-4-6-16(14)27-20/h7-11H,3-6H2,1-2H3,(H2,21,24)(H,22,23)/b10-7+. The summed E-state index contributed by atoms with van der Waals surface area (Å²) in [6.45, 7) is 0. The van der Waals surface area contributed by atoms with Crippen molar-refractivity contribution in [3.05, 3.63) is 45.8 Å². The minimum Gasteiger partial charge on any atom is -0.497 e. The second-order valence-electron chi connectivity index (χ2n) is 6.21. The van der Waals surface area contributed by atoms with E-state index in [4.69, 9.17) is 15.2 Å². The summed E-state index contributed by atoms with van der Waals surface area (Å²) in [5.41, 5.74) is 7.72. The summed E-state index contributed by atoms with van der Waals surface area (Å²) in [4.78, 5) is 25.5. The molecule has 0 bridgehead atoms. The number of hydrogen-bond acceptors (Lipinski definition) is 5. The molecule has 0 unspecified atom stereocenters. The fourth-order valence-corrected chi connectivity index (χ4v) is 4.50. The van der Waals surface area contributed by atoms with Crippen LogP contribution in [0.5, 0.6) is 11.5 Å². The van der Waals surface area contributed by atoms with Gasteiger partial charge in [0.15, 0.2) is 0 Å². The van der Waals surface area contributed by atoms with Crippen LogP contribution >= 0.6 is 11.3 Å². The van der Waals surface area contributed by atoms with Gasteiger partial charge in [-0.1, -0.05) is 0 Å². The van der Waals surface area contributed by atoms with Crippen molar-refractivity contribution in [1.82, 2.24) is 0 Å². The Morgan fingerprint density at radius 1 is 1.19 bits per heavy atom. The quantitative estimate of drug-likeness (QED) is 0.745. The van der Waals surface area contributed by atoms with Gasteiger partial charge in [-0.3, -0.25) is 9.59 Å². The summed E-state index contributed by atoms with van der Waals surface area (Å²) in [5, 5.41) is 3.33. The number of primary amides is 1. The molecule has 0 radical (unpaired) electrons. The number of carbonyl (C=O) groups excluding carboxylic acids is 2. The molecule has 0 saturated heterocycles. The average molecular weight is 386 g/mol. The molecule has 1 aliphatic rings. The molecule has 142 valence electrons. The van der Waals surface area contributed by atoms with Crippen LogP contribution in [0.2, 0.25) is 0 Å². The number of thiophene rings is 1. The second-order valence-corrected chi connectivity index (χ2v) is 7.31. The number of amides is 2. The van der Waals surface area contributed by atoms with Crippen LogP contribution < -0.4 is 20.5 Å². The van der Waals surface area contributed by atoms with Crippen molar-refractivity contribution in [2.45, 2.75) is 25.7 Å². The molecule has 0 aliphatic heterocycles. The molecular formula is C20H22N2O4S. The largest absolute Gasteiger partial charge is 0.497 e. The Kier molecular flexibility index (Phi) is 5.81. The Labute approximate surface area is 162 Å². The molecular weight excluding hydrogens is 364 g/mol. The number of nitrogens with one attached hydrogen (secondary N) is 1. The Morgan fingerprint density at radius 2 is 1.96 bits per heavy atom. The summed E-state index contributed by atoms with van der Waals surface area (Å²) < 4.78 is 10.5. The van der Waals surface area contributed by atoms with Gasteiger partial charge in [-0.05, 0) is 55.5 Å². The van der Waals surface area contributed by atoms with Crippen molar-refractivity contribution in [3.8, 4) is 11.5 Å². The molecule has 0 saturated carbocycles. The number of rotatable bonds is 6. The van der Waals surface area contributed by atoms with E-state index in [0.29, 0.717) is 27.6 Å². The van der Waals surface area contributed by atoms with Crippen LogP contribution in [0.25, 0.3) is 6.08 Å². The molecule has 1 aromatic carbocycles. The second kappa shape index (κ2) is 8.26. The van der Waals surface area contributed by atoms with Crippen LogP contribution in [0.3, 0.4) is 0 Å². The number of anilines is 1. The summed E-state index contributed by atoms with van der Waals surface area (Å²) in [7, 11) is 3.14. The molecule has 1 aromatic heterocycles. The van der Waals surface area contributed by atoms with Crippen molar-refractivity contribution in [2.24, 2.45) is 5.73 Å². The van der Waals surface area contributed by atoms with Gasteiger partial charge in [0.2, 0.25) is 5.91 Å². The van der Waals surface area contributed by atoms with Gasteiger partial charge in [-0.2, -0.15) is 0 Å². The fraction of sp³-hybridized carbons (Fsp3) is 0.300. The Morgan fingerprint density at radius 3 is 2.67 bits per heavy atom. The Balaban J connectivity index is 1.82. The van der Waals surface area contributed by atoms with Crippen LogP contribution in [0.4, 0.5) is 5.00 Å². The van der Waals surface area contributed by atoms with Gasteiger partial charge in [0.25, 0.3) is 5.91 Å². The van der Waals surface area contributed by atoms with Gasteiger partial charge in [0.1, 0.15) is 16.5 Å². The van der Waals surface area contributed by atoms with Crippen molar-refractivity contribution in [2.75, 3.05) is 19.5 Å². The summed E-state index contributed by atoms with van der Waals surface area (Å²) >= 11 is 1.44. The lowest BCUT2D eigenvalue weighted by molar-refractivity contribution is -0.111. The van der Waals surface area contributed by atoms with E-state index in [9.17, 15) is 9.59 Å². The highest BCUT2D eigenvalue weighted by Gasteiger charge is 2.24. The third-order valence-electron chi connectivity index (χ3n) is 4.51. The number of nitrogens with two attached hydrogens (primary N) is 1. The third-order valence-corrected chi connectivity index (χ3v) is 5.71. The first-order valence-electron chi connectivity index (χ1n) is 8.69. The monoisotopic (exact) mass is 386 g/mol. The molecule has 6 nitrogen and oxygen atoms in total. The number of ether oxygens (including phenoxy) is 2. The van der Waals surface area contributed by atoms with Crippen molar-refractivity contribution >= 4 is 34.2 Å². The summed E-state index contributed by atoms with van der Waals surface area (Å²) in [6, 6.07) is 5.34. The number of methoxy groups -OCH3 is 2. The van der Waals surface area contributed by atoms with Crippen molar-refractivity contribution < 1.29 is 19.1 Å². The molecule has 0 atom stereocenters. The van der Waals surface area contributed by atoms with Gasteiger partial charge in [0.05, 0.1) is 19.8 Å². The molecule has 3 N–H and O–H groups in total. The molecule has 0 fully saturated rings. The topological polar surface area (TPSA) is 90.7 Å². The summed E-state index contributed by atoms with van der Waals surface area (Å²) in [6.07, 6.45) is 6.93. The Hall–Kier alpha value is -2.80. The third kappa shape index (κ3) is 4.14.